The molecule has 4 aromatic rings. The average molecular weight is 556 g/mol. The monoisotopic (exact) mass is 555 g/mol. The fourth-order valence-electron chi connectivity index (χ4n) is 3.59. The molecule has 4 rings (SSSR count). The molecule has 0 aliphatic rings. The largest absolute Gasteiger partial charge is 0.461 e. The van der Waals surface area contributed by atoms with Crippen LogP contribution in [0.5, 0.6) is 5.75 Å². The van der Waals surface area contributed by atoms with Crippen LogP contribution in [0.1, 0.15) is 27.2 Å². The minimum absolute atomic E-state index is 0.000761. The number of rotatable bonds is 9. The molecule has 0 unspecified atom stereocenters. The number of benzene rings is 2. The van der Waals surface area contributed by atoms with Crippen molar-refractivity contribution in [3.8, 4) is 17.1 Å². The van der Waals surface area contributed by atoms with Gasteiger partial charge in [-0.3, -0.25) is 9.59 Å². The fraction of sp³-hybridized carbons (Fsp3) is 0.148. The topological polar surface area (TPSA) is 128 Å². The van der Waals surface area contributed by atoms with Crippen molar-refractivity contribution in [2.24, 2.45) is 0 Å². The Morgan fingerprint density at radius 1 is 1.00 bits per heavy atom. The summed E-state index contributed by atoms with van der Waals surface area (Å²) in [6.07, 6.45) is 1.19. The first-order chi connectivity index (χ1) is 18.5. The van der Waals surface area contributed by atoms with Crippen molar-refractivity contribution in [1.82, 2.24) is 9.71 Å². The van der Waals surface area contributed by atoms with Crippen LogP contribution in [0.2, 0.25) is 0 Å². The van der Waals surface area contributed by atoms with Crippen molar-refractivity contribution in [3.63, 3.8) is 0 Å². The van der Waals surface area contributed by atoms with Crippen LogP contribution in [0.25, 0.3) is 11.3 Å². The summed E-state index contributed by atoms with van der Waals surface area (Å²) >= 11 is 0. The molecule has 2 aromatic heterocycles. The second-order valence-corrected chi connectivity index (χ2v) is 10.1. The number of nitrogens with one attached hydrogen (secondary N) is 2. The van der Waals surface area contributed by atoms with E-state index < -0.39 is 28.4 Å². The van der Waals surface area contributed by atoms with Gasteiger partial charge in [0.1, 0.15) is 17.3 Å². The van der Waals surface area contributed by atoms with Gasteiger partial charge in [0.25, 0.3) is 15.9 Å². The normalized spacial score (nSPS) is 11.3. The van der Waals surface area contributed by atoms with Gasteiger partial charge >= 0.3 is 6.61 Å². The van der Waals surface area contributed by atoms with Crippen LogP contribution in [0.15, 0.2) is 82.4 Å². The molecule has 39 heavy (non-hydrogen) atoms. The Labute approximate surface area is 222 Å². The van der Waals surface area contributed by atoms with E-state index in [1.807, 2.05) is 4.72 Å². The third-order valence-corrected chi connectivity index (χ3v) is 6.80. The molecular weight excluding hydrogens is 532 g/mol. The zero-order valence-electron chi connectivity index (χ0n) is 20.8. The van der Waals surface area contributed by atoms with Crippen LogP contribution < -0.4 is 14.8 Å². The van der Waals surface area contributed by atoms with E-state index in [4.69, 9.17) is 4.42 Å². The first-order valence-corrected chi connectivity index (χ1v) is 13.0. The van der Waals surface area contributed by atoms with E-state index in [-0.39, 0.29) is 22.8 Å². The smallest absolute Gasteiger partial charge is 0.387 e. The molecule has 0 radical (unpaired) electrons. The van der Waals surface area contributed by atoms with Crippen LogP contribution in [0, 0.1) is 13.8 Å². The quantitative estimate of drug-likeness (QED) is 0.302. The molecule has 2 amide bonds. The standard InChI is InChI=1S/C27H23F2N3O6S/c1-16-3-12-25(30-15-16)39(35,36)32-24(33)13-18-4-8-20(9-5-18)31-26(34)22-14-23(37-17(22)2)19-6-10-21(11-7-19)38-27(28)29/h3-12,14-15,27H,13H2,1-2H3,(H,31,34)(H,32,33). The number of carbonyl (C=O) groups excluding carboxylic acids is 2. The van der Waals surface area contributed by atoms with Gasteiger partial charge in [-0.25, -0.2) is 9.71 Å². The minimum Gasteiger partial charge on any atom is -0.461 e. The lowest BCUT2D eigenvalue weighted by Gasteiger charge is -2.08. The lowest BCUT2D eigenvalue weighted by atomic mass is 10.1. The maximum absolute atomic E-state index is 12.8. The third kappa shape index (κ3) is 7.05. The number of pyridine rings is 1. The minimum atomic E-state index is -4.09. The number of alkyl halides is 2. The Bertz CT molecular complexity index is 1580. The van der Waals surface area contributed by atoms with E-state index in [2.05, 4.69) is 15.0 Å². The molecule has 0 atom stereocenters. The summed E-state index contributed by atoms with van der Waals surface area (Å²) in [5.41, 5.74) is 2.60. The molecule has 0 aliphatic carbocycles. The number of hydrogen-bond acceptors (Lipinski definition) is 7. The highest BCUT2D eigenvalue weighted by Crippen LogP contribution is 2.28. The highest BCUT2D eigenvalue weighted by atomic mass is 32.2. The Balaban J connectivity index is 1.36. The van der Waals surface area contributed by atoms with E-state index in [0.717, 1.165) is 5.56 Å². The van der Waals surface area contributed by atoms with E-state index in [0.29, 0.717) is 28.3 Å². The highest BCUT2D eigenvalue weighted by Gasteiger charge is 2.20. The van der Waals surface area contributed by atoms with E-state index in [9.17, 15) is 26.8 Å². The maximum atomic E-state index is 12.8. The van der Waals surface area contributed by atoms with Crippen molar-refractivity contribution < 1.29 is 35.9 Å². The number of sulfonamides is 1. The van der Waals surface area contributed by atoms with Crippen molar-refractivity contribution in [1.29, 1.82) is 0 Å². The number of furan rings is 1. The Kier molecular flexibility index (Phi) is 8.05. The zero-order chi connectivity index (χ0) is 28.2. The van der Waals surface area contributed by atoms with Crippen molar-refractivity contribution in [2.45, 2.75) is 31.9 Å². The van der Waals surface area contributed by atoms with Gasteiger partial charge in [-0.05, 0) is 73.5 Å². The molecule has 2 heterocycles. The van der Waals surface area contributed by atoms with E-state index >= 15 is 0 Å². The number of nitrogens with zero attached hydrogens (tertiary/aromatic N) is 1. The van der Waals surface area contributed by atoms with Gasteiger partial charge in [0, 0.05) is 17.4 Å². The first kappa shape index (κ1) is 27.5. The summed E-state index contributed by atoms with van der Waals surface area (Å²) in [4.78, 5) is 29.0. The SMILES string of the molecule is Cc1ccc(S(=O)(=O)NC(=O)Cc2ccc(NC(=O)c3cc(-c4ccc(OC(F)F)cc4)oc3C)cc2)nc1. The molecular formula is C27H23F2N3O6S. The predicted octanol–water partition coefficient (Wildman–Crippen LogP) is 4.86. The molecule has 0 fully saturated rings. The zero-order valence-corrected chi connectivity index (χ0v) is 21.6. The van der Waals surface area contributed by atoms with Gasteiger partial charge in [0.15, 0.2) is 5.03 Å². The van der Waals surface area contributed by atoms with E-state index in [1.165, 1.54) is 42.6 Å². The van der Waals surface area contributed by atoms with Gasteiger partial charge in [-0.15, -0.1) is 0 Å². The molecule has 0 aliphatic heterocycles. The number of aryl methyl sites for hydroxylation is 2. The Morgan fingerprint density at radius 3 is 2.31 bits per heavy atom. The number of hydrogen-bond donors (Lipinski definition) is 2. The lowest BCUT2D eigenvalue weighted by Crippen LogP contribution is -2.32. The maximum Gasteiger partial charge on any atom is 0.387 e. The van der Waals surface area contributed by atoms with Crippen molar-refractivity contribution in [2.75, 3.05) is 5.32 Å². The van der Waals surface area contributed by atoms with E-state index in [1.54, 1.807) is 44.2 Å². The van der Waals surface area contributed by atoms with Gasteiger partial charge < -0.3 is 14.5 Å². The first-order valence-electron chi connectivity index (χ1n) is 11.5. The van der Waals surface area contributed by atoms with Crippen LogP contribution >= 0.6 is 0 Å². The molecule has 12 heteroatoms. The summed E-state index contributed by atoms with van der Waals surface area (Å²) < 4.78 is 61.4. The molecule has 0 bridgehead atoms. The van der Waals surface area contributed by atoms with Gasteiger partial charge in [0.05, 0.1) is 12.0 Å². The molecule has 0 saturated carbocycles. The summed E-state index contributed by atoms with van der Waals surface area (Å²) in [6.45, 7) is 0.454. The fourth-order valence-corrected chi connectivity index (χ4v) is 4.51. The molecule has 202 valence electrons. The molecule has 2 N–H and O–H groups in total. The summed E-state index contributed by atoms with van der Waals surface area (Å²) in [5.74, 6) is -0.445. The van der Waals surface area contributed by atoms with Crippen LogP contribution in [-0.2, 0) is 21.2 Å². The van der Waals surface area contributed by atoms with Crippen molar-refractivity contribution in [3.05, 3.63) is 95.4 Å². The average Bonchev–Trinajstić information content (AvgIpc) is 3.27. The second kappa shape index (κ2) is 11.4. The predicted molar refractivity (Wildman–Crippen MR) is 138 cm³/mol. The molecule has 0 spiro atoms. The molecule has 0 saturated heterocycles. The Hall–Kier alpha value is -4.58. The second-order valence-electron chi connectivity index (χ2n) is 8.51. The number of ether oxygens (including phenoxy) is 1. The third-order valence-electron chi connectivity index (χ3n) is 5.51. The molecule has 2 aromatic carbocycles. The number of aromatic nitrogens is 1. The van der Waals surface area contributed by atoms with Crippen LogP contribution in [0.3, 0.4) is 0 Å². The van der Waals surface area contributed by atoms with Crippen molar-refractivity contribution >= 4 is 27.5 Å². The summed E-state index contributed by atoms with van der Waals surface area (Å²) in [7, 11) is -4.09. The Morgan fingerprint density at radius 2 is 1.69 bits per heavy atom. The summed E-state index contributed by atoms with van der Waals surface area (Å²) in [5, 5.41) is 2.48. The van der Waals surface area contributed by atoms with Gasteiger partial charge in [0.2, 0.25) is 5.91 Å². The number of halogens is 2. The molecule has 9 nitrogen and oxygen atoms in total. The van der Waals surface area contributed by atoms with Gasteiger partial charge in [-0.1, -0.05) is 18.2 Å². The number of amides is 2. The lowest BCUT2D eigenvalue weighted by molar-refractivity contribution is -0.118. The number of carbonyl (C=O) groups is 2. The van der Waals surface area contributed by atoms with Crippen LogP contribution in [-0.4, -0.2) is 31.8 Å². The van der Waals surface area contributed by atoms with Crippen LogP contribution in [0.4, 0.5) is 14.5 Å². The highest BCUT2D eigenvalue weighted by molar-refractivity contribution is 7.90. The number of anilines is 1. The van der Waals surface area contributed by atoms with Gasteiger partial charge in [-0.2, -0.15) is 17.2 Å². The summed E-state index contributed by atoms with van der Waals surface area (Å²) in [6, 6.07) is 16.6.